The van der Waals surface area contributed by atoms with Gasteiger partial charge in [0.2, 0.25) is 6.71 Å². The summed E-state index contributed by atoms with van der Waals surface area (Å²) in [6, 6.07) is 60.8. The van der Waals surface area contributed by atoms with Gasteiger partial charge in [0.15, 0.2) is 0 Å². The van der Waals surface area contributed by atoms with E-state index in [1.807, 2.05) is 0 Å². The Hall–Kier alpha value is -6.84. The van der Waals surface area contributed by atoms with Crippen molar-refractivity contribution in [1.29, 1.82) is 0 Å². The Labute approximate surface area is 365 Å². The lowest BCUT2D eigenvalue weighted by atomic mass is 9.33. The van der Waals surface area contributed by atoms with Crippen LogP contribution in [0.4, 0.5) is 34.1 Å². The lowest BCUT2D eigenvalue weighted by molar-refractivity contribution is 0.660. The van der Waals surface area contributed by atoms with Crippen molar-refractivity contribution in [2.75, 3.05) is 9.80 Å². The highest BCUT2D eigenvalue weighted by Gasteiger charge is 2.47. The molecule has 2 nitrogen and oxygen atoms in total. The predicted octanol–water partition coefficient (Wildman–Crippen LogP) is 13.6. The fourth-order valence-corrected chi connectivity index (χ4v) is 12.5. The molecule has 0 fully saturated rings. The van der Waals surface area contributed by atoms with Crippen LogP contribution in [-0.2, 0) is 10.8 Å². The van der Waals surface area contributed by atoms with E-state index in [9.17, 15) is 0 Å². The summed E-state index contributed by atoms with van der Waals surface area (Å²) in [5, 5.41) is 5.04. The van der Waals surface area contributed by atoms with Crippen molar-refractivity contribution in [2.24, 2.45) is 0 Å². The predicted molar refractivity (Wildman–Crippen MR) is 265 cm³/mol. The van der Waals surface area contributed by atoms with Gasteiger partial charge in [0.05, 0.1) is 22.7 Å². The van der Waals surface area contributed by atoms with Gasteiger partial charge in [-0.1, -0.05) is 171 Å². The summed E-state index contributed by atoms with van der Waals surface area (Å²) < 4.78 is 0. The zero-order valence-electron chi connectivity index (χ0n) is 36.5. The molecule has 0 spiro atoms. The molecule has 0 atom stereocenters. The molecule has 0 saturated heterocycles. The van der Waals surface area contributed by atoms with Gasteiger partial charge in [-0.2, -0.15) is 0 Å². The molecule has 2 aliphatic carbocycles. The van der Waals surface area contributed by atoms with Crippen LogP contribution >= 0.6 is 0 Å². The van der Waals surface area contributed by atoms with Gasteiger partial charge in [-0.3, -0.25) is 0 Å². The van der Waals surface area contributed by atoms with Crippen LogP contribution in [0.15, 0.2) is 158 Å². The summed E-state index contributed by atoms with van der Waals surface area (Å²) in [5.74, 6) is 0. The molecule has 9 aromatic carbocycles. The number of hydrogen-bond acceptors (Lipinski definition) is 2. The van der Waals surface area contributed by atoms with Crippen LogP contribution in [0.1, 0.15) is 66.6 Å². The highest BCUT2D eigenvalue weighted by molar-refractivity contribution is 7.00. The van der Waals surface area contributed by atoms with E-state index in [0.717, 1.165) is 0 Å². The number of nitrogens with zero attached hydrogens (tertiary/aromatic N) is 2. The molecule has 0 bridgehead atoms. The summed E-state index contributed by atoms with van der Waals surface area (Å²) in [5.41, 5.74) is 26.2. The third-order valence-corrected chi connectivity index (χ3v) is 15.3. The van der Waals surface area contributed by atoms with Crippen LogP contribution in [0.3, 0.4) is 0 Å². The van der Waals surface area contributed by atoms with Crippen LogP contribution in [0.5, 0.6) is 0 Å². The molecule has 13 rings (SSSR count). The van der Waals surface area contributed by atoms with Gasteiger partial charge < -0.3 is 9.80 Å². The molecule has 3 heteroatoms. The Balaban J connectivity index is 1.19. The van der Waals surface area contributed by atoms with Gasteiger partial charge >= 0.3 is 0 Å². The quantitative estimate of drug-likeness (QED) is 0.161. The lowest BCUT2D eigenvalue weighted by Crippen LogP contribution is -2.59. The average molecular weight is 795 g/mol. The molecule has 62 heavy (non-hydrogen) atoms. The second-order valence-electron chi connectivity index (χ2n) is 19.5. The monoisotopic (exact) mass is 794 g/mol. The van der Waals surface area contributed by atoms with E-state index in [2.05, 4.69) is 216 Å². The van der Waals surface area contributed by atoms with Gasteiger partial charge in [-0.25, -0.2) is 0 Å². The Morgan fingerprint density at radius 2 is 0.935 bits per heavy atom. The molecule has 0 unspecified atom stereocenters. The summed E-state index contributed by atoms with van der Waals surface area (Å²) in [6.07, 6.45) is 0. The van der Waals surface area contributed by atoms with Crippen molar-refractivity contribution in [2.45, 2.75) is 59.3 Å². The van der Waals surface area contributed by atoms with E-state index < -0.39 is 0 Å². The maximum atomic E-state index is 2.67. The van der Waals surface area contributed by atoms with Crippen LogP contribution in [-0.4, -0.2) is 6.71 Å². The van der Waals surface area contributed by atoms with Crippen molar-refractivity contribution in [3.8, 4) is 22.3 Å². The van der Waals surface area contributed by atoms with Crippen LogP contribution in [0.2, 0.25) is 0 Å². The maximum absolute atomic E-state index is 2.67. The molecular weight excluding hydrogens is 747 g/mol. The van der Waals surface area contributed by atoms with E-state index in [1.165, 1.54) is 133 Å². The maximum Gasteiger partial charge on any atom is 0.248 e. The number of benzene rings is 9. The molecule has 0 amide bonds. The second kappa shape index (κ2) is 12.2. The topological polar surface area (TPSA) is 6.48 Å². The molecule has 9 aromatic rings. The smallest absolute Gasteiger partial charge is 0.248 e. The number of fused-ring (bicyclic) bond motifs is 13. The average Bonchev–Trinajstić information content (AvgIpc) is 3.64. The number of hydrogen-bond donors (Lipinski definition) is 0. The standard InChI is InChI=1S/C59H47BN2/c1-34-26-35(2)55(36(3)27-34)60-50-33-49-45(43-21-13-15-23-47(43)59(49,6)7)32-51(50)62-53-29-38-17-9-8-16-37(38)28-52(53)61(54-30-39-18-10-11-19-41(39)56(60)57(54)62)40-24-25-48-44(31-40)42-20-12-14-22-46(42)58(48,4)5/h8-33H,1-7H3. The SMILES string of the molecule is Cc1cc(C)c(B2c3cc4c(cc3N3c5cc6ccccc6cc5N(c5ccc6c(c5)-c5ccccc5C6(C)C)c5cc6ccccc6c2c53)-c2ccccc2C4(C)C)c(C)c1. The van der Waals surface area contributed by atoms with E-state index in [4.69, 9.17) is 0 Å². The fraction of sp³-hybridized carbons (Fsp3) is 0.153. The first-order valence-corrected chi connectivity index (χ1v) is 22.3. The van der Waals surface area contributed by atoms with Crippen LogP contribution in [0, 0.1) is 20.8 Å². The third-order valence-electron chi connectivity index (χ3n) is 15.3. The molecule has 0 saturated carbocycles. The largest absolute Gasteiger partial charge is 0.307 e. The highest BCUT2D eigenvalue weighted by atomic mass is 15.3. The first-order chi connectivity index (χ1) is 30.0. The molecule has 0 N–H and O–H groups in total. The first kappa shape index (κ1) is 35.9. The summed E-state index contributed by atoms with van der Waals surface area (Å²) in [7, 11) is 0. The van der Waals surface area contributed by atoms with Crippen LogP contribution < -0.4 is 26.2 Å². The van der Waals surface area contributed by atoms with Gasteiger partial charge in [0, 0.05) is 22.2 Å². The first-order valence-electron chi connectivity index (χ1n) is 22.3. The van der Waals surface area contributed by atoms with Crippen molar-refractivity contribution < 1.29 is 0 Å². The minimum Gasteiger partial charge on any atom is -0.307 e. The molecule has 4 aliphatic rings. The molecule has 2 heterocycles. The van der Waals surface area contributed by atoms with Crippen LogP contribution in [0.25, 0.3) is 43.8 Å². The Morgan fingerprint density at radius 3 is 1.61 bits per heavy atom. The summed E-state index contributed by atoms with van der Waals surface area (Å²) in [4.78, 5) is 5.26. The van der Waals surface area contributed by atoms with E-state index in [-0.39, 0.29) is 17.5 Å². The molecule has 0 aromatic heterocycles. The number of rotatable bonds is 2. The van der Waals surface area contributed by atoms with Gasteiger partial charge in [0.25, 0.3) is 0 Å². The highest BCUT2D eigenvalue weighted by Crippen LogP contribution is 2.59. The van der Waals surface area contributed by atoms with Crippen molar-refractivity contribution >= 4 is 78.8 Å². The molecule has 2 aliphatic heterocycles. The summed E-state index contributed by atoms with van der Waals surface area (Å²) in [6.45, 7) is 16.5. The Morgan fingerprint density at radius 1 is 0.403 bits per heavy atom. The minimum absolute atomic E-state index is 0.00284. The van der Waals surface area contributed by atoms with Gasteiger partial charge in [-0.05, 0) is 134 Å². The third kappa shape index (κ3) is 4.56. The molecule has 0 radical (unpaired) electrons. The van der Waals surface area contributed by atoms with E-state index in [0.29, 0.717) is 0 Å². The number of anilines is 6. The van der Waals surface area contributed by atoms with Crippen molar-refractivity contribution in [3.05, 3.63) is 197 Å². The Bertz CT molecular complexity index is 3460. The molecule has 296 valence electrons. The summed E-state index contributed by atoms with van der Waals surface area (Å²) >= 11 is 0. The second-order valence-corrected chi connectivity index (χ2v) is 19.5. The van der Waals surface area contributed by atoms with E-state index >= 15 is 0 Å². The zero-order valence-corrected chi connectivity index (χ0v) is 36.5. The van der Waals surface area contributed by atoms with E-state index in [1.54, 1.807) is 0 Å². The lowest BCUT2D eigenvalue weighted by Gasteiger charge is -2.47. The number of aryl methyl sites for hydroxylation is 3. The minimum atomic E-state index is -0.138. The normalized spacial score (nSPS) is 15.5. The zero-order chi connectivity index (χ0) is 42.0. The van der Waals surface area contributed by atoms with Gasteiger partial charge in [-0.15, -0.1) is 0 Å². The fourth-order valence-electron chi connectivity index (χ4n) is 12.5. The van der Waals surface area contributed by atoms with Crippen molar-refractivity contribution in [3.63, 3.8) is 0 Å². The molecular formula is C59H47BN2. The van der Waals surface area contributed by atoms with Crippen molar-refractivity contribution in [1.82, 2.24) is 0 Å². The Kier molecular flexibility index (Phi) is 7.04. The van der Waals surface area contributed by atoms with Gasteiger partial charge in [0.1, 0.15) is 0 Å².